The van der Waals surface area contributed by atoms with Crippen LogP contribution in [-0.4, -0.2) is 40.1 Å². The van der Waals surface area contributed by atoms with Crippen molar-refractivity contribution in [3.8, 4) is 5.75 Å². The second-order valence-corrected chi connectivity index (χ2v) is 8.36. The first-order valence-electron chi connectivity index (χ1n) is 11.6. The third-order valence-electron chi connectivity index (χ3n) is 6.08. The predicted molar refractivity (Wildman–Crippen MR) is 132 cm³/mol. The third-order valence-corrected chi connectivity index (χ3v) is 6.08. The van der Waals surface area contributed by atoms with Crippen molar-refractivity contribution in [3.05, 3.63) is 120 Å². The number of nitrogens with one attached hydrogen (secondary N) is 1. The van der Waals surface area contributed by atoms with Gasteiger partial charge in [0.05, 0.1) is 6.04 Å². The second-order valence-electron chi connectivity index (χ2n) is 8.36. The molecule has 6 nitrogen and oxygen atoms in total. The van der Waals surface area contributed by atoms with E-state index in [9.17, 15) is 4.79 Å². The van der Waals surface area contributed by atoms with Crippen molar-refractivity contribution in [1.82, 2.24) is 19.8 Å². The van der Waals surface area contributed by atoms with Gasteiger partial charge in [0.25, 0.3) is 5.91 Å². The van der Waals surface area contributed by atoms with Crippen LogP contribution in [0.5, 0.6) is 5.75 Å². The van der Waals surface area contributed by atoms with Crippen LogP contribution < -0.4 is 10.1 Å². The zero-order valence-electron chi connectivity index (χ0n) is 19.0. The maximum absolute atomic E-state index is 12.9. The Hall–Kier alpha value is -3.90. The molecule has 1 aliphatic heterocycles. The van der Waals surface area contributed by atoms with E-state index in [0.717, 1.165) is 42.3 Å². The number of carbonyl (C=O) groups is 1. The minimum atomic E-state index is -0.156. The number of para-hydroxylation sites is 1. The Morgan fingerprint density at radius 1 is 0.912 bits per heavy atom. The topological polar surface area (TPSA) is 59.4 Å². The summed E-state index contributed by atoms with van der Waals surface area (Å²) in [5, 5.41) is 2.99. The SMILES string of the molecule is O=C(NCc1ccccc1)c1cn2c(n1)C(c1ccccc1)N(CCOc1ccccc1)CC2. The lowest BCUT2D eigenvalue weighted by Gasteiger charge is -2.36. The molecule has 0 fully saturated rings. The van der Waals surface area contributed by atoms with E-state index >= 15 is 0 Å². The normalized spacial score (nSPS) is 15.5. The first kappa shape index (κ1) is 21.9. The number of rotatable bonds is 8. The van der Waals surface area contributed by atoms with Crippen LogP contribution in [0.4, 0.5) is 0 Å². The van der Waals surface area contributed by atoms with Gasteiger partial charge in [0, 0.05) is 32.4 Å². The van der Waals surface area contributed by atoms with Crippen LogP contribution >= 0.6 is 0 Å². The standard InChI is InChI=1S/C28H28N4O2/c33-28(29-20-22-10-4-1-5-11-22)25-21-32-17-16-31(18-19-34-24-14-8-3-9-15-24)26(27(32)30-25)23-12-6-2-7-13-23/h1-15,21,26H,16-20H2,(H,29,33). The second kappa shape index (κ2) is 10.4. The Morgan fingerprint density at radius 3 is 2.32 bits per heavy atom. The number of imidazole rings is 1. The van der Waals surface area contributed by atoms with E-state index in [1.54, 1.807) is 0 Å². The quantitative estimate of drug-likeness (QED) is 0.433. The van der Waals surface area contributed by atoms with Gasteiger partial charge in [0.15, 0.2) is 0 Å². The summed E-state index contributed by atoms with van der Waals surface area (Å²) in [6, 6.07) is 30.1. The van der Waals surface area contributed by atoms with Gasteiger partial charge in [-0.15, -0.1) is 0 Å². The van der Waals surface area contributed by atoms with E-state index in [2.05, 4.69) is 26.9 Å². The molecule has 34 heavy (non-hydrogen) atoms. The molecule has 1 aliphatic rings. The molecule has 0 radical (unpaired) electrons. The summed E-state index contributed by atoms with van der Waals surface area (Å²) in [5.74, 6) is 1.60. The Balaban J connectivity index is 1.33. The zero-order chi connectivity index (χ0) is 23.2. The molecule has 1 unspecified atom stereocenters. The summed E-state index contributed by atoms with van der Waals surface area (Å²) in [4.78, 5) is 20.1. The highest BCUT2D eigenvalue weighted by Crippen LogP contribution is 2.31. The van der Waals surface area contributed by atoms with Gasteiger partial charge in [0.2, 0.25) is 0 Å². The molecule has 1 atom stereocenters. The summed E-state index contributed by atoms with van der Waals surface area (Å²) >= 11 is 0. The van der Waals surface area contributed by atoms with Crippen molar-refractivity contribution in [2.75, 3.05) is 19.7 Å². The van der Waals surface area contributed by atoms with Crippen LogP contribution in [0.1, 0.15) is 33.5 Å². The molecule has 5 rings (SSSR count). The van der Waals surface area contributed by atoms with Gasteiger partial charge in [-0.05, 0) is 23.3 Å². The number of aromatic nitrogens is 2. The van der Waals surface area contributed by atoms with Gasteiger partial charge in [0.1, 0.15) is 23.9 Å². The molecule has 4 aromatic rings. The fourth-order valence-corrected chi connectivity index (χ4v) is 4.37. The number of amides is 1. The number of ether oxygens (including phenoxy) is 1. The molecular formula is C28H28N4O2. The molecule has 0 aliphatic carbocycles. The van der Waals surface area contributed by atoms with E-state index < -0.39 is 0 Å². The molecule has 0 spiro atoms. The first-order chi connectivity index (χ1) is 16.8. The van der Waals surface area contributed by atoms with Gasteiger partial charge in [-0.1, -0.05) is 78.9 Å². The molecule has 1 N–H and O–H groups in total. The monoisotopic (exact) mass is 452 g/mol. The van der Waals surface area contributed by atoms with Gasteiger partial charge in [-0.2, -0.15) is 0 Å². The highest BCUT2D eigenvalue weighted by Gasteiger charge is 2.31. The maximum Gasteiger partial charge on any atom is 0.271 e. The summed E-state index contributed by atoms with van der Waals surface area (Å²) in [6.07, 6.45) is 1.88. The predicted octanol–water partition coefficient (Wildman–Crippen LogP) is 4.30. The minimum Gasteiger partial charge on any atom is -0.492 e. The lowest BCUT2D eigenvalue weighted by Crippen LogP contribution is -2.41. The van der Waals surface area contributed by atoms with Crippen molar-refractivity contribution in [2.45, 2.75) is 19.1 Å². The van der Waals surface area contributed by atoms with Crippen molar-refractivity contribution >= 4 is 5.91 Å². The van der Waals surface area contributed by atoms with E-state index in [0.29, 0.717) is 18.8 Å². The molecule has 1 amide bonds. The number of hydrogen-bond donors (Lipinski definition) is 1. The van der Waals surface area contributed by atoms with Gasteiger partial charge in [-0.3, -0.25) is 9.69 Å². The molecular weight excluding hydrogens is 424 g/mol. The van der Waals surface area contributed by atoms with E-state index in [-0.39, 0.29) is 11.9 Å². The van der Waals surface area contributed by atoms with Crippen molar-refractivity contribution in [1.29, 1.82) is 0 Å². The molecule has 1 aromatic heterocycles. The number of carbonyl (C=O) groups excluding carboxylic acids is 1. The first-order valence-corrected chi connectivity index (χ1v) is 11.6. The zero-order valence-corrected chi connectivity index (χ0v) is 19.0. The molecule has 172 valence electrons. The molecule has 0 bridgehead atoms. The highest BCUT2D eigenvalue weighted by molar-refractivity contribution is 5.92. The third kappa shape index (κ3) is 5.02. The lowest BCUT2D eigenvalue weighted by atomic mass is 10.0. The van der Waals surface area contributed by atoms with Gasteiger partial charge in [-0.25, -0.2) is 4.98 Å². The van der Waals surface area contributed by atoms with E-state index in [4.69, 9.17) is 9.72 Å². The Bertz CT molecular complexity index is 1210. The highest BCUT2D eigenvalue weighted by atomic mass is 16.5. The van der Waals surface area contributed by atoms with Crippen LogP contribution in [0.2, 0.25) is 0 Å². The summed E-state index contributed by atoms with van der Waals surface area (Å²) in [5.41, 5.74) is 2.67. The average molecular weight is 453 g/mol. The maximum atomic E-state index is 12.9. The van der Waals surface area contributed by atoms with Gasteiger partial charge >= 0.3 is 0 Å². The van der Waals surface area contributed by atoms with Crippen LogP contribution in [-0.2, 0) is 13.1 Å². The molecule has 6 heteroatoms. The van der Waals surface area contributed by atoms with Gasteiger partial charge < -0.3 is 14.6 Å². The van der Waals surface area contributed by atoms with Crippen molar-refractivity contribution in [2.24, 2.45) is 0 Å². The minimum absolute atomic E-state index is 0.0370. The molecule has 3 aromatic carbocycles. The van der Waals surface area contributed by atoms with Crippen LogP contribution in [0.25, 0.3) is 0 Å². The number of benzene rings is 3. The van der Waals surface area contributed by atoms with Crippen molar-refractivity contribution < 1.29 is 9.53 Å². The van der Waals surface area contributed by atoms with E-state index in [1.165, 1.54) is 0 Å². The molecule has 0 saturated carbocycles. The van der Waals surface area contributed by atoms with Crippen LogP contribution in [0.15, 0.2) is 97.2 Å². The Kier molecular flexibility index (Phi) is 6.68. The van der Waals surface area contributed by atoms with E-state index in [1.807, 2.05) is 85.1 Å². The number of hydrogen-bond acceptors (Lipinski definition) is 4. The summed E-state index contributed by atoms with van der Waals surface area (Å²) in [7, 11) is 0. The fourth-order valence-electron chi connectivity index (χ4n) is 4.37. The van der Waals surface area contributed by atoms with Crippen LogP contribution in [0, 0.1) is 0 Å². The Morgan fingerprint density at radius 2 is 1.59 bits per heavy atom. The molecule has 2 heterocycles. The summed E-state index contributed by atoms with van der Waals surface area (Å²) in [6.45, 7) is 3.46. The lowest BCUT2D eigenvalue weighted by molar-refractivity contribution is 0.0946. The number of nitrogens with zero attached hydrogens (tertiary/aromatic N) is 3. The van der Waals surface area contributed by atoms with Crippen LogP contribution in [0.3, 0.4) is 0 Å². The summed E-state index contributed by atoms with van der Waals surface area (Å²) < 4.78 is 8.08. The molecule has 0 saturated heterocycles. The Labute approximate surface area is 199 Å². The number of fused-ring (bicyclic) bond motifs is 1. The average Bonchev–Trinajstić information content (AvgIpc) is 3.33. The van der Waals surface area contributed by atoms with Crippen molar-refractivity contribution in [3.63, 3.8) is 0 Å². The smallest absolute Gasteiger partial charge is 0.271 e. The fraction of sp³-hybridized carbons (Fsp3) is 0.214. The largest absolute Gasteiger partial charge is 0.492 e.